The van der Waals surface area contributed by atoms with Crippen LogP contribution in [0.3, 0.4) is 0 Å². The van der Waals surface area contributed by atoms with Crippen molar-refractivity contribution in [2.75, 3.05) is 33.2 Å². The van der Waals surface area contributed by atoms with Gasteiger partial charge in [-0.2, -0.15) is 0 Å². The Labute approximate surface area is 127 Å². The molecule has 21 heavy (non-hydrogen) atoms. The van der Waals surface area contributed by atoms with Gasteiger partial charge in [-0.15, -0.1) is 0 Å². The van der Waals surface area contributed by atoms with Crippen molar-refractivity contribution in [3.05, 3.63) is 0 Å². The number of nitrogens with zero attached hydrogens (tertiary/aromatic N) is 2. The molecule has 3 aliphatic rings. The van der Waals surface area contributed by atoms with Crippen molar-refractivity contribution < 1.29 is 9.90 Å². The number of aliphatic hydroxyl groups is 1. The summed E-state index contributed by atoms with van der Waals surface area (Å²) in [6.45, 7) is 3.82. The van der Waals surface area contributed by atoms with E-state index >= 15 is 0 Å². The van der Waals surface area contributed by atoms with Gasteiger partial charge in [0, 0.05) is 38.6 Å². The van der Waals surface area contributed by atoms with Crippen LogP contribution < -0.4 is 5.32 Å². The van der Waals surface area contributed by atoms with Crippen molar-refractivity contribution in [3.8, 4) is 0 Å². The normalized spacial score (nSPS) is 33.3. The number of amides is 2. The van der Waals surface area contributed by atoms with E-state index in [0.717, 1.165) is 38.4 Å². The molecule has 0 bridgehead atoms. The molecular weight excluding hydrogens is 266 g/mol. The Morgan fingerprint density at radius 1 is 1.29 bits per heavy atom. The molecule has 3 atom stereocenters. The van der Waals surface area contributed by atoms with E-state index in [1.54, 1.807) is 4.90 Å². The zero-order valence-corrected chi connectivity index (χ0v) is 13.1. The molecule has 2 amide bonds. The molecule has 5 heteroatoms. The van der Waals surface area contributed by atoms with Gasteiger partial charge in [-0.05, 0) is 44.6 Å². The second kappa shape index (κ2) is 6.53. The quantitative estimate of drug-likeness (QED) is 0.803. The van der Waals surface area contributed by atoms with Crippen LogP contribution in [0.5, 0.6) is 0 Å². The number of rotatable bonds is 5. The zero-order valence-electron chi connectivity index (χ0n) is 13.1. The molecule has 2 saturated carbocycles. The average molecular weight is 295 g/mol. The number of urea groups is 1. The summed E-state index contributed by atoms with van der Waals surface area (Å²) in [4.78, 5) is 16.5. The van der Waals surface area contributed by atoms with Crippen molar-refractivity contribution >= 4 is 6.03 Å². The van der Waals surface area contributed by atoms with Gasteiger partial charge >= 0.3 is 6.03 Å². The number of nitrogens with one attached hydrogen (secondary N) is 1. The predicted octanol–water partition coefficient (Wildman–Crippen LogP) is 1.27. The number of aliphatic hydroxyl groups excluding tert-OH is 1. The van der Waals surface area contributed by atoms with Crippen molar-refractivity contribution in [1.29, 1.82) is 0 Å². The Morgan fingerprint density at radius 2 is 2.10 bits per heavy atom. The Bertz CT molecular complexity index is 373. The van der Waals surface area contributed by atoms with Gasteiger partial charge in [0.1, 0.15) is 0 Å². The fraction of sp³-hybridized carbons (Fsp3) is 0.938. The molecule has 2 aliphatic carbocycles. The van der Waals surface area contributed by atoms with E-state index in [1.807, 2.05) is 7.05 Å². The summed E-state index contributed by atoms with van der Waals surface area (Å²) in [5.74, 6) is 0.873. The number of carbonyl (C=O) groups excluding carboxylic acids is 1. The summed E-state index contributed by atoms with van der Waals surface area (Å²) < 4.78 is 0. The molecule has 0 spiro atoms. The fourth-order valence-corrected chi connectivity index (χ4v) is 3.83. The van der Waals surface area contributed by atoms with Gasteiger partial charge < -0.3 is 20.2 Å². The third-order valence-electron chi connectivity index (χ3n) is 5.40. The first kappa shape index (κ1) is 15.1. The van der Waals surface area contributed by atoms with Gasteiger partial charge in [0.05, 0.1) is 6.10 Å². The Morgan fingerprint density at radius 3 is 2.76 bits per heavy atom. The maximum Gasteiger partial charge on any atom is 0.317 e. The number of likely N-dealkylation sites (tertiary alicyclic amines) is 1. The third-order valence-corrected chi connectivity index (χ3v) is 5.40. The molecule has 0 radical (unpaired) electrons. The molecule has 5 nitrogen and oxygen atoms in total. The molecule has 0 aromatic heterocycles. The maximum absolute atomic E-state index is 12.1. The molecule has 3 rings (SSSR count). The first-order valence-corrected chi connectivity index (χ1v) is 8.54. The lowest BCUT2D eigenvalue weighted by Crippen LogP contribution is -2.43. The van der Waals surface area contributed by atoms with Crippen LogP contribution in [0.4, 0.5) is 4.79 Å². The lowest BCUT2D eigenvalue weighted by atomic mass is 10.1. The minimum absolute atomic E-state index is 0.0129. The monoisotopic (exact) mass is 295 g/mol. The summed E-state index contributed by atoms with van der Waals surface area (Å²) in [5.41, 5.74) is 0. The highest BCUT2D eigenvalue weighted by atomic mass is 16.3. The first-order chi connectivity index (χ1) is 10.1. The van der Waals surface area contributed by atoms with Crippen molar-refractivity contribution in [1.82, 2.24) is 15.1 Å². The molecule has 3 fully saturated rings. The zero-order chi connectivity index (χ0) is 14.8. The van der Waals surface area contributed by atoms with Crippen LogP contribution >= 0.6 is 0 Å². The van der Waals surface area contributed by atoms with Crippen LogP contribution in [0.1, 0.15) is 38.5 Å². The lowest BCUT2D eigenvalue weighted by molar-refractivity contribution is 0.113. The highest BCUT2D eigenvalue weighted by molar-refractivity contribution is 5.73. The highest BCUT2D eigenvalue weighted by Crippen LogP contribution is 2.31. The van der Waals surface area contributed by atoms with Gasteiger partial charge in [-0.3, -0.25) is 0 Å². The highest BCUT2D eigenvalue weighted by Gasteiger charge is 2.34. The molecule has 1 aliphatic heterocycles. The summed E-state index contributed by atoms with van der Waals surface area (Å²) in [5, 5.41) is 12.9. The molecule has 0 aromatic rings. The van der Waals surface area contributed by atoms with Crippen LogP contribution in [0, 0.1) is 11.8 Å². The molecule has 0 aromatic carbocycles. The summed E-state index contributed by atoms with van der Waals surface area (Å²) >= 11 is 0. The standard InChI is InChI=1S/C16H29N3O2/c1-18(11-13-3-2-4-15(13)20)16(21)17-9-12-7-8-19(10-12)14-5-6-14/h12-15,20H,2-11H2,1H3,(H,17,21). The van der Waals surface area contributed by atoms with Gasteiger partial charge in [0.2, 0.25) is 0 Å². The van der Waals surface area contributed by atoms with Gasteiger partial charge in [-0.1, -0.05) is 6.42 Å². The molecule has 1 saturated heterocycles. The van der Waals surface area contributed by atoms with Crippen LogP contribution in [-0.2, 0) is 0 Å². The fourth-order valence-electron chi connectivity index (χ4n) is 3.83. The molecule has 1 heterocycles. The predicted molar refractivity (Wildman–Crippen MR) is 82.1 cm³/mol. The summed E-state index contributed by atoms with van der Waals surface area (Å²) in [6.07, 6.45) is 6.73. The largest absolute Gasteiger partial charge is 0.393 e. The van der Waals surface area contributed by atoms with E-state index < -0.39 is 0 Å². The SMILES string of the molecule is CN(CC1CCCC1O)C(=O)NCC1CCN(C2CC2)C1. The van der Waals surface area contributed by atoms with E-state index in [9.17, 15) is 9.90 Å². The van der Waals surface area contributed by atoms with E-state index in [4.69, 9.17) is 0 Å². The van der Waals surface area contributed by atoms with E-state index in [-0.39, 0.29) is 18.1 Å². The van der Waals surface area contributed by atoms with Gasteiger partial charge in [0.25, 0.3) is 0 Å². The summed E-state index contributed by atoms with van der Waals surface area (Å²) in [6, 6.07) is 0.858. The third kappa shape index (κ3) is 3.89. The average Bonchev–Trinajstić information content (AvgIpc) is 3.09. The van der Waals surface area contributed by atoms with Crippen LogP contribution in [0.15, 0.2) is 0 Å². The Balaban J connectivity index is 1.35. The van der Waals surface area contributed by atoms with Crippen LogP contribution in [0.25, 0.3) is 0 Å². The lowest BCUT2D eigenvalue weighted by Gasteiger charge is -2.24. The topological polar surface area (TPSA) is 55.8 Å². The molecule has 2 N–H and O–H groups in total. The molecular formula is C16H29N3O2. The van der Waals surface area contributed by atoms with Gasteiger partial charge in [0.15, 0.2) is 0 Å². The maximum atomic E-state index is 12.1. The van der Waals surface area contributed by atoms with Gasteiger partial charge in [-0.25, -0.2) is 4.79 Å². The number of hydrogen-bond acceptors (Lipinski definition) is 3. The van der Waals surface area contributed by atoms with Crippen LogP contribution in [0.2, 0.25) is 0 Å². The Hall–Kier alpha value is -0.810. The molecule has 120 valence electrons. The minimum Gasteiger partial charge on any atom is -0.393 e. The van der Waals surface area contributed by atoms with E-state index in [1.165, 1.54) is 25.8 Å². The van der Waals surface area contributed by atoms with Crippen molar-refractivity contribution in [3.63, 3.8) is 0 Å². The van der Waals surface area contributed by atoms with Crippen molar-refractivity contribution in [2.24, 2.45) is 11.8 Å². The number of hydrogen-bond donors (Lipinski definition) is 2. The second-order valence-electron chi connectivity index (χ2n) is 7.21. The van der Waals surface area contributed by atoms with E-state index in [0.29, 0.717) is 12.5 Å². The van der Waals surface area contributed by atoms with Crippen molar-refractivity contribution in [2.45, 2.75) is 50.7 Å². The second-order valence-corrected chi connectivity index (χ2v) is 7.21. The van der Waals surface area contributed by atoms with Crippen LogP contribution in [-0.4, -0.2) is 66.3 Å². The molecule has 3 unspecified atom stereocenters. The first-order valence-electron chi connectivity index (χ1n) is 8.54. The number of carbonyl (C=O) groups is 1. The summed E-state index contributed by atoms with van der Waals surface area (Å²) in [7, 11) is 1.84. The van der Waals surface area contributed by atoms with E-state index in [2.05, 4.69) is 10.2 Å². The minimum atomic E-state index is -0.220. The Kier molecular flexibility index (Phi) is 4.69. The smallest absolute Gasteiger partial charge is 0.317 e.